The van der Waals surface area contributed by atoms with Gasteiger partial charge in [0.05, 0.1) is 10.0 Å². The van der Waals surface area contributed by atoms with Crippen LogP contribution < -0.4 is 0 Å². The molecule has 0 saturated heterocycles. The molecule has 0 amide bonds. The molecular weight excluding hydrogens is 363 g/mol. The lowest BCUT2D eigenvalue weighted by Gasteiger charge is -2.04. The minimum Gasteiger partial charge on any atom is -0.354 e. The molecule has 124 valence electrons. The third-order valence-corrected chi connectivity index (χ3v) is 5.90. The van der Waals surface area contributed by atoms with Crippen molar-refractivity contribution in [2.75, 3.05) is 0 Å². The molecule has 0 fully saturated rings. The second-order valence-electron chi connectivity index (χ2n) is 6.65. The van der Waals surface area contributed by atoms with Gasteiger partial charge in [-0.1, -0.05) is 47.5 Å². The first kappa shape index (κ1) is 14.5. The third-order valence-electron chi connectivity index (χ3n) is 5.27. The van der Waals surface area contributed by atoms with Gasteiger partial charge in [0, 0.05) is 43.6 Å². The van der Waals surface area contributed by atoms with Crippen molar-refractivity contribution < 1.29 is 0 Å². The van der Waals surface area contributed by atoms with E-state index in [0.29, 0.717) is 0 Å². The number of halogens is 2. The van der Waals surface area contributed by atoms with Gasteiger partial charge in [0.25, 0.3) is 0 Å². The van der Waals surface area contributed by atoms with Crippen molar-refractivity contribution in [3.05, 3.63) is 70.7 Å². The van der Waals surface area contributed by atoms with Crippen LogP contribution >= 0.6 is 23.2 Å². The molecule has 0 unspecified atom stereocenters. The summed E-state index contributed by atoms with van der Waals surface area (Å²) in [4.78, 5) is 6.97. The fourth-order valence-electron chi connectivity index (χ4n) is 4.21. The van der Waals surface area contributed by atoms with Crippen molar-refractivity contribution >= 4 is 77.6 Å². The van der Waals surface area contributed by atoms with E-state index in [1.54, 1.807) is 0 Å². The maximum Gasteiger partial charge on any atom is 0.0506 e. The molecule has 4 aromatic carbocycles. The Hall–Kier alpha value is -2.68. The Morgan fingerprint density at radius 1 is 0.462 bits per heavy atom. The van der Waals surface area contributed by atoms with Crippen LogP contribution in [0, 0.1) is 0 Å². The summed E-state index contributed by atoms with van der Waals surface area (Å²) in [7, 11) is 0. The molecule has 2 N–H and O–H groups in total. The van der Waals surface area contributed by atoms with Crippen molar-refractivity contribution in [1.29, 1.82) is 0 Å². The Labute approximate surface area is 158 Å². The van der Waals surface area contributed by atoms with Gasteiger partial charge < -0.3 is 9.97 Å². The molecule has 0 aliphatic carbocycles. The highest BCUT2D eigenvalue weighted by molar-refractivity contribution is 6.42. The van der Waals surface area contributed by atoms with Gasteiger partial charge in [0.1, 0.15) is 0 Å². The number of hydrogen-bond donors (Lipinski definition) is 2. The number of nitrogens with one attached hydrogen (secondary N) is 2. The molecule has 6 aromatic rings. The average molecular weight is 375 g/mol. The molecule has 0 saturated carbocycles. The minimum atomic E-state index is 0.762. The average Bonchev–Trinajstić information content (AvgIpc) is 3.20. The van der Waals surface area contributed by atoms with Crippen LogP contribution in [0.4, 0.5) is 0 Å². The molecule has 4 heteroatoms. The van der Waals surface area contributed by atoms with Crippen LogP contribution in [-0.2, 0) is 0 Å². The molecule has 2 nitrogen and oxygen atoms in total. The monoisotopic (exact) mass is 374 g/mol. The number of rotatable bonds is 0. The van der Waals surface area contributed by atoms with Crippen molar-refractivity contribution in [1.82, 2.24) is 9.97 Å². The molecular formula is C22H12Cl2N2. The fraction of sp³-hybridized carbons (Fsp3) is 0. The van der Waals surface area contributed by atoms with E-state index in [9.17, 15) is 0 Å². The van der Waals surface area contributed by atoms with Gasteiger partial charge in [-0.15, -0.1) is 0 Å². The van der Waals surface area contributed by atoms with E-state index in [0.717, 1.165) is 53.7 Å². The topological polar surface area (TPSA) is 31.6 Å². The first-order valence-corrected chi connectivity index (χ1v) is 9.19. The van der Waals surface area contributed by atoms with Crippen LogP contribution in [0.25, 0.3) is 54.4 Å². The van der Waals surface area contributed by atoms with E-state index < -0.39 is 0 Å². The highest BCUT2D eigenvalue weighted by Gasteiger charge is 2.15. The normalized spacial score (nSPS) is 12.2. The summed E-state index contributed by atoms with van der Waals surface area (Å²) in [6.07, 6.45) is 0. The molecule has 0 radical (unpaired) electrons. The summed E-state index contributed by atoms with van der Waals surface area (Å²) in [5.41, 5.74) is 4.28. The van der Waals surface area contributed by atoms with Crippen LogP contribution in [0.5, 0.6) is 0 Å². The van der Waals surface area contributed by atoms with Gasteiger partial charge in [-0.25, -0.2) is 0 Å². The predicted molar refractivity (Wildman–Crippen MR) is 113 cm³/mol. The Morgan fingerprint density at radius 3 is 1.35 bits per heavy atom. The van der Waals surface area contributed by atoms with Crippen molar-refractivity contribution in [2.45, 2.75) is 0 Å². The number of H-pyrrole nitrogens is 2. The van der Waals surface area contributed by atoms with E-state index in [4.69, 9.17) is 23.2 Å². The summed E-state index contributed by atoms with van der Waals surface area (Å²) >= 11 is 13.1. The molecule has 0 bridgehead atoms. The first-order valence-electron chi connectivity index (χ1n) is 8.44. The second kappa shape index (κ2) is 4.94. The van der Waals surface area contributed by atoms with Crippen LogP contribution in [-0.4, -0.2) is 9.97 Å². The van der Waals surface area contributed by atoms with Crippen LogP contribution in [0.1, 0.15) is 0 Å². The fourth-order valence-corrected chi connectivity index (χ4v) is 4.75. The summed E-state index contributed by atoms with van der Waals surface area (Å²) in [5.74, 6) is 0. The lowest BCUT2D eigenvalue weighted by Crippen LogP contribution is -1.78. The molecule has 0 atom stereocenters. The van der Waals surface area contributed by atoms with E-state index in [2.05, 4.69) is 46.4 Å². The highest BCUT2D eigenvalue weighted by Crippen LogP contribution is 2.41. The number of hydrogen-bond acceptors (Lipinski definition) is 0. The summed E-state index contributed by atoms with van der Waals surface area (Å²) in [6, 6.07) is 20.5. The Balaban J connectivity index is 1.94. The minimum absolute atomic E-state index is 0.762. The third kappa shape index (κ3) is 1.73. The Kier molecular flexibility index (Phi) is 2.75. The molecule has 0 spiro atoms. The van der Waals surface area contributed by atoms with Crippen LogP contribution in [0.15, 0.2) is 60.7 Å². The zero-order valence-corrected chi connectivity index (χ0v) is 15.0. The number of benzene rings is 4. The van der Waals surface area contributed by atoms with Gasteiger partial charge in [-0.3, -0.25) is 0 Å². The Bertz CT molecular complexity index is 1390. The molecule has 0 aliphatic heterocycles. The zero-order chi connectivity index (χ0) is 17.4. The van der Waals surface area contributed by atoms with E-state index in [1.807, 2.05) is 24.3 Å². The van der Waals surface area contributed by atoms with Gasteiger partial charge in [0.2, 0.25) is 0 Å². The lowest BCUT2D eigenvalue weighted by molar-refractivity contribution is 1.55. The van der Waals surface area contributed by atoms with Gasteiger partial charge in [-0.05, 0) is 47.2 Å². The van der Waals surface area contributed by atoms with Gasteiger partial charge >= 0.3 is 0 Å². The zero-order valence-electron chi connectivity index (χ0n) is 13.5. The predicted octanol–water partition coefficient (Wildman–Crippen LogP) is 7.42. The molecule has 26 heavy (non-hydrogen) atoms. The number of aromatic amines is 2. The van der Waals surface area contributed by atoms with E-state index in [-0.39, 0.29) is 0 Å². The molecule has 2 heterocycles. The summed E-state index contributed by atoms with van der Waals surface area (Å²) < 4.78 is 0. The second-order valence-corrected chi connectivity index (χ2v) is 7.46. The number of fused-ring (bicyclic) bond motifs is 9. The van der Waals surface area contributed by atoms with E-state index >= 15 is 0 Å². The highest BCUT2D eigenvalue weighted by atomic mass is 35.5. The lowest BCUT2D eigenvalue weighted by atomic mass is 9.99. The van der Waals surface area contributed by atoms with Crippen LogP contribution in [0.2, 0.25) is 10.0 Å². The summed E-state index contributed by atoms with van der Waals surface area (Å²) in [5, 5.41) is 8.33. The van der Waals surface area contributed by atoms with Crippen LogP contribution in [0.3, 0.4) is 0 Å². The van der Waals surface area contributed by atoms with E-state index in [1.165, 1.54) is 10.8 Å². The van der Waals surface area contributed by atoms with Gasteiger partial charge in [0.15, 0.2) is 0 Å². The van der Waals surface area contributed by atoms with Gasteiger partial charge in [-0.2, -0.15) is 0 Å². The molecule has 6 rings (SSSR count). The smallest absolute Gasteiger partial charge is 0.0506 e. The largest absolute Gasteiger partial charge is 0.354 e. The quantitative estimate of drug-likeness (QED) is 0.277. The maximum atomic E-state index is 6.55. The summed E-state index contributed by atoms with van der Waals surface area (Å²) in [6.45, 7) is 0. The maximum absolute atomic E-state index is 6.55. The van der Waals surface area contributed by atoms with Crippen molar-refractivity contribution in [3.63, 3.8) is 0 Å². The standard InChI is InChI=1S/C22H12Cl2N2/c23-13-3-1-5-15-21(13)19-11-8-10-18-20(12(11)7-9-17(19)25-15)22-14(24)4-2-6-16(22)26-18/h1-10,25-26H. The molecule has 2 aromatic heterocycles. The first-order chi connectivity index (χ1) is 12.7. The SMILES string of the molecule is Clc1cccc2[nH]c3ccc4c(ccc5[nH]c6cccc(Cl)c6c54)c3c12. The van der Waals surface area contributed by atoms with Crippen molar-refractivity contribution in [2.24, 2.45) is 0 Å². The molecule has 0 aliphatic rings. The Morgan fingerprint density at radius 2 is 0.885 bits per heavy atom. The van der Waals surface area contributed by atoms with Crippen molar-refractivity contribution in [3.8, 4) is 0 Å². The number of aromatic nitrogens is 2.